The first-order valence-corrected chi connectivity index (χ1v) is 8.32. The molecule has 118 valence electrons. The zero-order valence-corrected chi connectivity index (χ0v) is 14.8. The number of Topliss-reactive ketones (excluding diaryl/α,β-unsaturated/α-hetero) is 1. The number of benzene rings is 1. The highest BCUT2D eigenvalue weighted by atomic mass is 32.2. The molecule has 0 spiro atoms. The highest BCUT2D eigenvalue weighted by Gasteiger charge is 2.16. The molecule has 0 bridgehead atoms. The number of carbonyl (C=O) groups is 1. The van der Waals surface area contributed by atoms with Crippen LogP contribution in [0, 0.1) is 20.8 Å². The summed E-state index contributed by atoms with van der Waals surface area (Å²) >= 11 is 1.61. The second-order valence-electron chi connectivity index (χ2n) is 5.83. The number of rotatable bonds is 5. The predicted molar refractivity (Wildman–Crippen MR) is 88.4 cm³/mol. The van der Waals surface area contributed by atoms with Crippen LogP contribution in [-0.2, 0) is 5.75 Å². The smallest absolute Gasteiger partial charge is 0.209 e. The molecule has 0 unspecified atom stereocenters. The van der Waals surface area contributed by atoms with Crippen molar-refractivity contribution in [1.82, 2.24) is 20.2 Å². The fourth-order valence-corrected chi connectivity index (χ4v) is 3.92. The Morgan fingerprint density at radius 2 is 1.95 bits per heavy atom. The van der Waals surface area contributed by atoms with Gasteiger partial charge in [0.25, 0.3) is 0 Å². The van der Waals surface area contributed by atoms with Crippen LogP contribution in [-0.4, -0.2) is 26.0 Å². The van der Waals surface area contributed by atoms with Gasteiger partial charge in [-0.15, -0.1) is 5.10 Å². The lowest BCUT2D eigenvalue weighted by atomic mass is 9.92. The molecule has 0 fully saturated rings. The lowest BCUT2D eigenvalue weighted by molar-refractivity contribution is 0.101. The number of nitrogens with zero attached hydrogens (tertiary/aromatic N) is 4. The molecule has 0 aliphatic carbocycles. The van der Waals surface area contributed by atoms with Crippen LogP contribution in [0.4, 0.5) is 0 Å². The third-order valence-corrected chi connectivity index (χ3v) is 4.74. The van der Waals surface area contributed by atoms with Gasteiger partial charge in [0, 0.05) is 11.3 Å². The Bertz CT molecular complexity index is 706. The molecule has 2 rings (SSSR count). The first kappa shape index (κ1) is 16.7. The van der Waals surface area contributed by atoms with E-state index in [1.807, 2.05) is 18.5 Å². The molecule has 0 radical (unpaired) electrons. The Balaban J connectivity index is 2.32. The van der Waals surface area contributed by atoms with E-state index in [-0.39, 0.29) is 11.8 Å². The molecule has 22 heavy (non-hydrogen) atoms. The normalized spacial score (nSPS) is 11.2. The van der Waals surface area contributed by atoms with Crippen molar-refractivity contribution in [3.8, 4) is 0 Å². The number of aromatic nitrogens is 4. The van der Waals surface area contributed by atoms with E-state index < -0.39 is 0 Å². The van der Waals surface area contributed by atoms with Gasteiger partial charge < -0.3 is 0 Å². The first-order valence-electron chi connectivity index (χ1n) is 7.34. The summed E-state index contributed by atoms with van der Waals surface area (Å²) in [5.74, 6) is 0.874. The number of carbonyl (C=O) groups excluding carboxylic acids is 1. The summed E-state index contributed by atoms with van der Waals surface area (Å²) in [4.78, 5) is 11.9. The van der Waals surface area contributed by atoms with Gasteiger partial charge in [0.2, 0.25) is 5.16 Å². The Morgan fingerprint density at radius 3 is 2.55 bits per heavy atom. The molecular weight excluding hydrogens is 296 g/mol. The third kappa shape index (κ3) is 3.21. The predicted octanol–water partition coefficient (Wildman–Crippen LogP) is 3.67. The Morgan fingerprint density at radius 1 is 1.27 bits per heavy atom. The van der Waals surface area contributed by atoms with Gasteiger partial charge in [-0.1, -0.05) is 17.8 Å². The van der Waals surface area contributed by atoms with E-state index in [2.05, 4.69) is 42.4 Å². The van der Waals surface area contributed by atoms with Crippen LogP contribution in [0.3, 0.4) is 0 Å². The standard InChI is InChI=1S/C16H22N4OS/c1-9(2)20-16(17-18-19-20)22-8-14-10(3)7-11(4)15(12(14)5)13(6)21/h7,9H,8H2,1-6H3. The van der Waals surface area contributed by atoms with Crippen molar-refractivity contribution in [3.63, 3.8) is 0 Å². The molecule has 1 aromatic heterocycles. The topological polar surface area (TPSA) is 60.7 Å². The Hall–Kier alpha value is -1.69. The lowest BCUT2D eigenvalue weighted by Crippen LogP contribution is -2.07. The van der Waals surface area contributed by atoms with Crippen LogP contribution in [0.5, 0.6) is 0 Å². The number of aryl methyl sites for hydroxylation is 2. The number of tetrazole rings is 1. The molecular formula is C16H22N4OS. The maximum Gasteiger partial charge on any atom is 0.209 e. The summed E-state index contributed by atoms with van der Waals surface area (Å²) < 4.78 is 1.81. The van der Waals surface area contributed by atoms with E-state index in [0.29, 0.717) is 0 Å². The van der Waals surface area contributed by atoms with E-state index >= 15 is 0 Å². The summed E-state index contributed by atoms with van der Waals surface area (Å²) in [6.45, 7) is 11.8. The van der Waals surface area contributed by atoms with Crippen molar-refractivity contribution in [2.45, 2.75) is 58.5 Å². The summed E-state index contributed by atoms with van der Waals surface area (Å²) in [6, 6.07) is 2.32. The quantitative estimate of drug-likeness (QED) is 0.622. The molecule has 0 saturated carbocycles. The van der Waals surface area contributed by atoms with E-state index in [1.54, 1.807) is 18.7 Å². The van der Waals surface area contributed by atoms with E-state index in [9.17, 15) is 4.79 Å². The van der Waals surface area contributed by atoms with Crippen LogP contribution in [0.25, 0.3) is 0 Å². The molecule has 6 heteroatoms. The van der Waals surface area contributed by atoms with Gasteiger partial charge >= 0.3 is 0 Å². The highest BCUT2D eigenvalue weighted by molar-refractivity contribution is 7.98. The molecule has 1 heterocycles. The van der Waals surface area contributed by atoms with Gasteiger partial charge in [-0.2, -0.15) is 0 Å². The van der Waals surface area contributed by atoms with Crippen LogP contribution in [0.1, 0.15) is 59.4 Å². The minimum Gasteiger partial charge on any atom is -0.294 e. The molecule has 0 N–H and O–H groups in total. The summed E-state index contributed by atoms with van der Waals surface area (Å²) in [7, 11) is 0. The van der Waals surface area contributed by atoms with Crippen LogP contribution in [0.2, 0.25) is 0 Å². The second kappa shape index (κ2) is 6.60. The Labute approximate surface area is 135 Å². The number of ketones is 1. The number of hydrogen-bond acceptors (Lipinski definition) is 5. The molecule has 5 nitrogen and oxygen atoms in total. The van der Waals surface area contributed by atoms with Crippen LogP contribution < -0.4 is 0 Å². The first-order chi connectivity index (χ1) is 10.3. The molecule has 0 aliphatic heterocycles. The lowest BCUT2D eigenvalue weighted by Gasteiger charge is -2.15. The van der Waals surface area contributed by atoms with E-state index in [0.717, 1.165) is 27.6 Å². The average molecular weight is 318 g/mol. The van der Waals surface area contributed by atoms with Crippen molar-refractivity contribution in [2.75, 3.05) is 0 Å². The monoisotopic (exact) mass is 318 g/mol. The third-order valence-electron chi connectivity index (χ3n) is 3.78. The Kier molecular flexibility index (Phi) is 5.01. The molecule has 0 atom stereocenters. The van der Waals surface area contributed by atoms with E-state index in [1.165, 1.54) is 11.1 Å². The van der Waals surface area contributed by atoms with Gasteiger partial charge in [-0.05, 0) is 74.2 Å². The summed E-state index contributed by atoms with van der Waals surface area (Å²) in [5.41, 5.74) is 5.35. The van der Waals surface area contributed by atoms with E-state index in [4.69, 9.17) is 0 Å². The van der Waals surface area contributed by atoms with Crippen LogP contribution >= 0.6 is 11.8 Å². The number of hydrogen-bond donors (Lipinski definition) is 0. The fourth-order valence-electron chi connectivity index (χ4n) is 2.73. The zero-order chi connectivity index (χ0) is 16.4. The molecule has 0 aliphatic rings. The van der Waals surface area contributed by atoms with Crippen molar-refractivity contribution in [1.29, 1.82) is 0 Å². The minimum absolute atomic E-state index is 0.119. The molecule has 2 aromatic rings. The van der Waals surface area contributed by atoms with Gasteiger partial charge in [-0.25, -0.2) is 4.68 Å². The van der Waals surface area contributed by atoms with Crippen molar-refractivity contribution < 1.29 is 4.79 Å². The van der Waals surface area contributed by atoms with Gasteiger partial charge in [0.15, 0.2) is 5.78 Å². The maximum atomic E-state index is 11.9. The zero-order valence-electron chi connectivity index (χ0n) is 14.0. The largest absolute Gasteiger partial charge is 0.294 e. The van der Waals surface area contributed by atoms with Gasteiger partial charge in [0.1, 0.15) is 0 Å². The molecule has 1 aromatic carbocycles. The van der Waals surface area contributed by atoms with Crippen molar-refractivity contribution in [3.05, 3.63) is 33.9 Å². The second-order valence-corrected chi connectivity index (χ2v) is 6.78. The maximum absolute atomic E-state index is 11.9. The average Bonchev–Trinajstić information content (AvgIpc) is 2.85. The summed E-state index contributed by atoms with van der Waals surface area (Å²) in [5, 5.41) is 12.7. The van der Waals surface area contributed by atoms with Crippen LogP contribution in [0.15, 0.2) is 11.2 Å². The molecule has 0 saturated heterocycles. The molecule has 0 amide bonds. The minimum atomic E-state index is 0.119. The number of thioether (sulfide) groups is 1. The highest BCUT2D eigenvalue weighted by Crippen LogP contribution is 2.29. The van der Waals surface area contributed by atoms with Gasteiger partial charge in [0.05, 0.1) is 6.04 Å². The SMILES string of the molecule is CC(=O)c1c(C)cc(C)c(CSc2nnnn2C(C)C)c1C. The fraction of sp³-hybridized carbons (Fsp3) is 0.500. The van der Waals surface area contributed by atoms with Crippen molar-refractivity contribution >= 4 is 17.5 Å². The summed E-state index contributed by atoms with van der Waals surface area (Å²) in [6.07, 6.45) is 0. The van der Waals surface area contributed by atoms with Crippen molar-refractivity contribution in [2.24, 2.45) is 0 Å². The van der Waals surface area contributed by atoms with Gasteiger partial charge in [-0.3, -0.25) is 4.79 Å².